The third-order valence-corrected chi connectivity index (χ3v) is 4.23. The van der Waals surface area contributed by atoms with Crippen molar-refractivity contribution < 1.29 is 14.0 Å². The zero-order chi connectivity index (χ0) is 18.4. The lowest BCUT2D eigenvalue weighted by Crippen LogP contribution is -2.18. The van der Waals surface area contributed by atoms with Crippen LogP contribution < -0.4 is 10.6 Å². The van der Waals surface area contributed by atoms with Gasteiger partial charge in [-0.05, 0) is 23.8 Å². The molecule has 0 fully saturated rings. The lowest BCUT2D eigenvalue weighted by Gasteiger charge is -2.03. The van der Waals surface area contributed by atoms with Gasteiger partial charge in [0, 0.05) is 30.5 Å². The van der Waals surface area contributed by atoms with Crippen LogP contribution in [0.15, 0.2) is 58.5 Å². The smallest absolute Gasteiger partial charge is 0.250 e. The number of nitrogens with one attached hydrogen (secondary N) is 2. The fraction of sp³-hybridized carbons (Fsp3) is 0.105. The van der Waals surface area contributed by atoms with E-state index in [0.717, 1.165) is 16.8 Å². The van der Waals surface area contributed by atoms with Crippen LogP contribution in [0.4, 0.5) is 5.13 Å². The van der Waals surface area contributed by atoms with Crippen molar-refractivity contribution >= 4 is 34.4 Å². The Morgan fingerprint density at radius 3 is 2.73 bits per heavy atom. The highest BCUT2D eigenvalue weighted by atomic mass is 32.1. The van der Waals surface area contributed by atoms with Crippen LogP contribution in [0.5, 0.6) is 0 Å². The van der Waals surface area contributed by atoms with E-state index in [-0.39, 0.29) is 11.8 Å². The number of carbonyl (C=O) groups is 2. The highest BCUT2D eigenvalue weighted by molar-refractivity contribution is 7.14. The van der Waals surface area contributed by atoms with Gasteiger partial charge < -0.3 is 9.73 Å². The number of furan rings is 1. The van der Waals surface area contributed by atoms with Crippen molar-refractivity contribution in [2.24, 2.45) is 0 Å². The van der Waals surface area contributed by atoms with Gasteiger partial charge in [0.05, 0.1) is 12.0 Å². The second-order valence-corrected chi connectivity index (χ2v) is 6.34. The first-order valence-corrected chi connectivity index (χ1v) is 8.80. The van der Waals surface area contributed by atoms with Crippen LogP contribution in [-0.4, -0.2) is 16.8 Å². The van der Waals surface area contributed by atoms with Crippen LogP contribution in [0.1, 0.15) is 18.2 Å². The summed E-state index contributed by atoms with van der Waals surface area (Å²) in [4.78, 5) is 27.3. The van der Waals surface area contributed by atoms with Crippen LogP contribution in [0.25, 0.3) is 17.3 Å². The van der Waals surface area contributed by atoms with Gasteiger partial charge in [-0.25, -0.2) is 4.98 Å². The normalized spacial score (nSPS) is 10.8. The maximum absolute atomic E-state index is 11.9. The van der Waals surface area contributed by atoms with Gasteiger partial charge in [0.1, 0.15) is 5.76 Å². The molecular weight excluding hydrogens is 350 g/mol. The van der Waals surface area contributed by atoms with Crippen molar-refractivity contribution in [1.29, 1.82) is 0 Å². The Balaban J connectivity index is 1.60. The highest BCUT2D eigenvalue weighted by Gasteiger charge is 2.07. The number of benzene rings is 1. The van der Waals surface area contributed by atoms with Gasteiger partial charge in [0.2, 0.25) is 11.8 Å². The molecule has 2 N–H and O–H groups in total. The lowest BCUT2D eigenvalue weighted by molar-refractivity contribution is -0.119. The summed E-state index contributed by atoms with van der Waals surface area (Å²) in [6, 6.07) is 11.3. The second kappa shape index (κ2) is 8.26. The molecule has 0 spiro atoms. The van der Waals surface area contributed by atoms with Gasteiger partial charge in [-0.3, -0.25) is 14.9 Å². The molecule has 3 aromatic rings. The van der Waals surface area contributed by atoms with Crippen molar-refractivity contribution in [2.45, 2.75) is 13.5 Å². The summed E-state index contributed by atoms with van der Waals surface area (Å²) in [5.74, 6) is 0.280. The average Bonchev–Trinajstić information content (AvgIpc) is 3.30. The molecule has 0 bridgehead atoms. The monoisotopic (exact) mass is 367 g/mol. The molecule has 7 heteroatoms. The molecule has 0 radical (unpaired) electrons. The molecule has 0 aliphatic rings. The topological polar surface area (TPSA) is 84.2 Å². The largest absolute Gasteiger partial charge is 0.465 e. The van der Waals surface area contributed by atoms with Gasteiger partial charge in [-0.15, -0.1) is 11.3 Å². The van der Waals surface area contributed by atoms with E-state index in [2.05, 4.69) is 15.6 Å². The summed E-state index contributed by atoms with van der Waals surface area (Å²) in [5, 5.41) is 7.89. The molecule has 6 nitrogen and oxygen atoms in total. The number of thiazole rings is 1. The summed E-state index contributed by atoms with van der Waals surface area (Å²) >= 11 is 1.36. The molecule has 2 amide bonds. The third-order valence-electron chi connectivity index (χ3n) is 3.47. The van der Waals surface area contributed by atoms with E-state index in [9.17, 15) is 9.59 Å². The molecule has 1 aromatic carbocycles. The van der Waals surface area contributed by atoms with Crippen molar-refractivity contribution in [3.63, 3.8) is 0 Å². The molecule has 2 heterocycles. The Morgan fingerprint density at radius 2 is 2.04 bits per heavy atom. The first-order chi connectivity index (χ1) is 12.6. The predicted molar refractivity (Wildman–Crippen MR) is 101 cm³/mol. The van der Waals surface area contributed by atoms with Crippen molar-refractivity contribution in [3.8, 4) is 11.3 Å². The Morgan fingerprint density at radius 1 is 1.23 bits per heavy atom. The number of hydrogen-bond acceptors (Lipinski definition) is 5. The summed E-state index contributed by atoms with van der Waals surface area (Å²) in [7, 11) is 0. The fourth-order valence-corrected chi connectivity index (χ4v) is 2.90. The van der Waals surface area contributed by atoms with E-state index in [1.807, 2.05) is 29.6 Å². The zero-order valence-corrected chi connectivity index (χ0v) is 14.9. The van der Waals surface area contributed by atoms with E-state index < -0.39 is 0 Å². The van der Waals surface area contributed by atoms with Gasteiger partial charge in [-0.1, -0.05) is 24.3 Å². The standard InChI is InChI=1S/C19H17N3O3S/c1-13(23)20-11-14-4-6-15(7-5-14)17-12-26-19(21-17)22-18(24)9-8-16-3-2-10-25-16/h2-10,12H,11H2,1H3,(H,20,23)(H,21,22,24). The lowest BCUT2D eigenvalue weighted by atomic mass is 10.1. The molecular formula is C19H17N3O3S. The Labute approximate surface area is 154 Å². The Kier molecular flexibility index (Phi) is 5.60. The minimum absolute atomic E-state index is 0.0601. The molecule has 0 atom stereocenters. The fourth-order valence-electron chi connectivity index (χ4n) is 2.17. The van der Waals surface area contributed by atoms with Crippen LogP contribution in [0.2, 0.25) is 0 Å². The maximum Gasteiger partial charge on any atom is 0.250 e. The van der Waals surface area contributed by atoms with E-state index in [0.29, 0.717) is 17.4 Å². The Bertz CT molecular complexity index is 912. The van der Waals surface area contributed by atoms with E-state index in [4.69, 9.17) is 4.42 Å². The molecule has 26 heavy (non-hydrogen) atoms. The van der Waals surface area contributed by atoms with Crippen molar-refractivity contribution in [3.05, 3.63) is 65.4 Å². The van der Waals surface area contributed by atoms with Gasteiger partial charge in [-0.2, -0.15) is 0 Å². The molecule has 0 aliphatic heterocycles. The molecule has 0 unspecified atom stereocenters. The van der Waals surface area contributed by atoms with Gasteiger partial charge >= 0.3 is 0 Å². The number of hydrogen-bond donors (Lipinski definition) is 2. The number of aromatic nitrogens is 1. The maximum atomic E-state index is 11.9. The van der Waals surface area contributed by atoms with Gasteiger partial charge in [0.25, 0.3) is 0 Å². The summed E-state index contributed by atoms with van der Waals surface area (Å²) in [5.41, 5.74) is 2.74. The third kappa shape index (κ3) is 4.90. The van der Waals surface area contributed by atoms with Gasteiger partial charge in [0.15, 0.2) is 5.13 Å². The molecule has 0 saturated heterocycles. The number of carbonyl (C=O) groups excluding carboxylic acids is 2. The average molecular weight is 367 g/mol. The highest BCUT2D eigenvalue weighted by Crippen LogP contribution is 2.25. The summed E-state index contributed by atoms with van der Waals surface area (Å²) in [6.45, 7) is 1.99. The van der Waals surface area contributed by atoms with Crippen molar-refractivity contribution in [2.75, 3.05) is 5.32 Å². The van der Waals surface area contributed by atoms with Crippen LogP contribution in [0, 0.1) is 0 Å². The molecule has 3 rings (SSSR count). The van der Waals surface area contributed by atoms with E-state index in [1.165, 1.54) is 24.3 Å². The first-order valence-electron chi connectivity index (χ1n) is 7.92. The summed E-state index contributed by atoms with van der Waals surface area (Å²) < 4.78 is 5.13. The number of anilines is 1. The molecule has 0 aliphatic carbocycles. The van der Waals surface area contributed by atoms with E-state index >= 15 is 0 Å². The molecule has 2 aromatic heterocycles. The molecule has 0 saturated carbocycles. The second-order valence-electron chi connectivity index (χ2n) is 5.48. The first kappa shape index (κ1) is 17.6. The van der Waals surface area contributed by atoms with Crippen LogP contribution in [-0.2, 0) is 16.1 Å². The predicted octanol–water partition coefficient (Wildman–Crippen LogP) is 3.69. The minimum Gasteiger partial charge on any atom is -0.465 e. The van der Waals surface area contributed by atoms with Crippen LogP contribution >= 0.6 is 11.3 Å². The molecule has 132 valence electrons. The number of amides is 2. The summed E-state index contributed by atoms with van der Waals surface area (Å²) in [6.07, 6.45) is 4.54. The number of nitrogens with zero attached hydrogens (tertiary/aromatic N) is 1. The number of rotatable bonds is 6. The SMILES string of the molecule is CC(=O)NCc1ccc(-c2csc(NC(=O)C=Cc3ccco3)n2)cc1. The van der Waals surface area contributed by atoms with Crippen molar-refractivity contribution in [1.82, 2.24) is 10.3 Å². The Hall–Kier alpha value is -3.19. The zero-order valence-electron chi connectivity index (χ0n) is 14.1. The van der Waals surface area contributed by atoms with Crippen LogP contribution in [0.3, 0.4) is 0 Å². The quantitative estimate of drug-likeness (QED) is 0.651. The van der Waals surface area contributed by atoms with E-state index in [1.54, 1.807) is 24.5 Å². The minimum atomic E-state index is -0.270.